The lowest BCUT2D eigenvalue weighted by Gasteiger charge is -2.00. The molecule has 4 N–H and O–H groups in total. The molecule has 0 unspecified atom stereocenters. The minimum Gasteiger partial charge on any atom is -0.508 e. The predicted octanol–water partition coefficient (Wildman–Crippen LogP) is 0.899. The maximum atomic E-state index is 8.91. The van der Waals surface area contributed by atoms with Gasteiger partial charge in [-0.3, -0.25) is 10.7 Å². The smallest absolute Gasteiger partial charge is 0.144 e. The summed E-state index contributed by atoms with van der Waals surface area (Å²) < 4.78 is 0. The molecule has 0 saturated carbocycles. The molecular formula is C6H7NO3. The molecule has 0 saturated heterocycles. The zero-order valence-electron chi connectivity index (χ0n) is 5.07. The molecule has 1 aromatic carbocycles. The third-order valence-corrected chi connectivity index (χ3v) is 1.10. The molecule has 0 bridgehead atoms. The fraction of sp³-hybridized carbons (Fsp3) is 0. The van der Waals surface area contributed by atoms with Gasteiger partial charge in [0.2, 0.25) is 0 Å². The number of benzene rings is 1. The van der Waals surface area contributed by atoms with Crippen LogP contribution in [0.25, 0.3) is 0 Å². The lowest BCUT2D eigenvalue weighted by molar-refractivity contribution is 0.380. The fourth-order valence-corrected chi connectivity index (χ4v) is 0.615. The van der Waals surface area contributed by atoms with Gasteiger partial charge in [-0.05, 0) is 12.1 Å². The Morgan fingerprint density at radius 3 is 2.40 bits per heavy atom. The number of rotatable bonds is 1. The van der Waals surface area contributed by atoms with E-state index in [1.807, 2.05) is 0 Å². The average Bonchev–Trinajstić information content (AvgIpc) is 1.88. The lowest BCUT2D eigenvalue weighted by atomic mass is 10.3. The molecule has 10 heavy (non-hydrogen) atoms. The molecule has 4 nitrogen and oxygen atoms in total. The van der Waals surface area contributed by atoms with E-state index >= 15 is 0 Å². The Morgan fingerprint density at radius 2 is 1.90 bits per heavy atom. The van der Waals surface area contributed by atoms with E-state index in [1.54, 1.807) is 5.48 Å². The Bertz CT molecular complexity index is 236. The van der Waals surface area contributed by atoms with Gasteiger partial charge in [-0.2, -0.15) is 0 Å². The van der Waals surface area contributed by atoms with Gasteiger partial charge in [-0.15, -0.1) is 0 Å². The standard InChI is InChI=1S/C6H7NO3/c8-4-1-2-5(7-10)6(9)3-4/h1-3,7-10H. The zero-order valence-corrected chi connectivity index (χ0v) is 5.07. The molecule has 0 amide bonds. The van der Waals surface area contributed by atoms with Gasteiger partial charge in [0.1, 0.15) is 17.2 Å². The van der Waals surface area contributed by atoms with E-state index in [0.29, 0.717) is 0 Å². The molecule has 1 rings (SSSR count). The molecule has 0 radical (unpaired) electrons. The molecule has 0 fully saturated rings. The largest absolute Gasteiger partial charge is 0.508 e. The van der Waals surface area contributed by atoms with Crippen molar-refractivity contribution >= 4 is 5.69 Å². The summed E-state index contributed by atoms with van der Waals surface area (Å²) in [5, 5.41) is 26.0. The fourth-order valence-electron chi connectivity index (χ4n) is 0.615. The SMILES string of the molecule is ONc1ccc(O)cc1O. The molecule has 0 aliphatic carbocycles. The van der Waals surface area contributed by atoms with Crippen molar-refractivity contribution in [1.29, 1.82) is 0 Å². The minimum absolute atomic E-state index is 0.0449. The first kappa shape index (κ1) is 6.70. The third kappa shape index (κ3) is 1.11. The quantitative estimate of drug-likeness (QED) is 0.266. The van der Waals surface area contributed by atoms with Gasteiger partial charge >= 0.3 is 0 Å². The Morgan fingerprint density at radius 1 is 1.20 bits per heavy atom. The number of phenolic OH excluding ortho intramolecular Hbond substituents is 2. The van der Waals surface area contributed by atoms with Gasteiger partial charge in [0.25, 0.3) is 0 Å². The summed E-state index contributed by atoms with van der Waals surface area (Å²) in [5.74, 6) is -0.237. The number of anilines is 1. The van der Waals surface area contributed by atoms with Crippen LogP contribution in [0.1, 0.15) is 0 Å². The molecule has 1 aromatic rings. The van der Waals surface area contributed by atoms with Crippen LogP contribution in [0.4, 0.5) is 5.69 Å². The van der Waals surface area contributed by atoms with Gasteiger partial charge in [0.05, 0.1) is 0 Å². The molecule has 0 aliphatic heterocycles. The van der Waals surface area contributed by atoms with Crippen LogP contribution in [-0.4, -0.2) is 15.4 Å². The van der Waals surface area contributed by atoms with Crippen LogP contribution >= 0.6 is 0 Å². The van der Waals surface area contributed by atoms with E-state index in [-0.39, 0.29) is 17.2 Å². The van der Waals surface area contributed by atoms with E-state index in [1.165, 1.54) is 12.1 Å². The Kier molecular flexibility index (Phi) is 1.64. The Balaban J connectivity index is 3.07. The van der Waals surface area contributed by atoms with Crippen molar-refractivity contribution in [2.24, 2.45) is 0 Å². The second kappa shape index (κ2) is 2.45. The Hall–Kier alpha value is -1.42. The number of aromatic hydroxyl groups is 2. The second-order valence-electron chi connectivity index (χ2n) is 1.81. The third-order valence-electron chi connectivity index (χ3n) is 1.10. The highest BCUT2D eigenvalue weighted by Crippen LogP contribution is 2.26. The topological polar surface area (TPSA) is 72.7 Å². The van der Waals surface area contributed by atoms with Crippen molar-refractivity contribution in [1.82, 2.24) is 0 Å². The summed E-state index contributed by atoms with van der Waals surface area (Å²) in [6.45, 7) is 0. The zero-order chi connectivity index (χ0) is 7.56. The number of nitrogens with one attached hydrogen (secondary N) is 1. The van der Waals surface area contributed by atoms with Crippen molar-refractivity contribution in [3.63, 3.8) is 0 Å². The van der Waals surface area contributed by atoms with Crippen molar-refractivity contribution in [3.05, 3.63) is 18.2 Å². The predicted molar refractivity (Wildman–Crippen MR) is 35.2 cm³/mol. The summed E-state index contributed by atoms with van der Waals surface area (Å²) in [5.41, 5.74) is 1.93. The van der Waals surface area contributed by atoms with E-state index in [0.717, 1.165) is 6.07 Å². The average molecular weight is 141 g/mol. The van der Waals surface area contributed by atoms with Crippen molar-refractivity contribution in [2.45, 2.75) is 0 Å². The number of hydrogen-bond acceptors (Lipinski definition) is 4. The van der Waals surface area contributed by atoms with Crippen molar-refractivity contribution < 1.29 is 15.4 Å². The highest BCUT2D eigenvalue weighted by atomic mass is 16.5. The maximum absolute atomic E-state index is 8.91. The summed E-state index contributed by atoms with van der Waals surface area (Å²) in [6.07, 6.45) is 0. The van der Waals surface area contributed by atoms with Gasteiger partial charge in [0.15, 0.2) is 0 Å². The lowest BCUT2D eigenvalue weighted by Crippen LogP contribution is -1.88. The minimum atomic E-state index is -0.192. The molecule has 4 heteroatoms. The highest BCUT2D eigenvalue weighted by Gasteiger charge is 1.98. The van der Waals surface area contributed by atoms with Crippen LogP contribution in [0, 0.1) is 0 Å². The first-order chi connectivity index (χ1) is 4.74. The van der Waals surface area contributed by atoms with Crippen molar-refractivity contribution in [2.75, 3.05) is 5.48 Å². The van der Waals surface area contributed by atoms with Crippen LogP contribution in [0.15, 0.2) is 18.2 Å². The molecule has 0 aromatic heterocycles. The van der Waals surface area contributed by atoms with Crippen LogP contribution < -0.4 is 5.48 Å². The van der Waals surface area contributed by atoms with Gasteiger partial charge in [-0.1, -0.05) is 0 Å². The monoisotopic (exact) mass is 141 g/mol. The summed E-state index contributed by atoms with van der Waals surface area (Å²) in [7, 11) is 0. The van der Waals surface area contributed by atoms with E-state index in [9.17, 15) is 0 Å². The van der Waals surface area contributed by atoms with Gasteiger partial charge in [-0.25, -0.2) is 0 Å². The Labute approximate surface area is 57.3 Å². The maximum Gasteiger partial charge on any atom is 0.144 e. The van der Waals surface area contributed by atoms with Crippen LogP contribution in [0.2, 0.25) is 0 Å². The van der Waals surface area contributed by atoms with Gasteiger partial charge < -0.3 is 10.2 Å². The molecule has 0 aliphatic rings. The summed E-state index contributed by atoms with van der Waals surface area (Å²) >= 11 is 0. The van der Waals surface area contributed by atoms with Gasteiger partial charge in [0, 0.05) is 6.07 Å². The van der Waals surface area contributed by atoms with E-state index in [4.69, 9.17) is 15.4 Å². The number of hydrogen-bond donors (Lipinski definition) is 4. The molecule has 0 spiro atoms. The molecule has 0 atom stereocenters. The highest BCUT2D eigenvalue weighted by molar-refractivity contribution is 5.56. The van der Waals surface area contributed by atoms with Crippen LogP contribution in [-0.2, 0) is 0 Å². The first-order valence-corrected chi connectivity index (χ1v) is 2.66. The van der Waals surface area contributed by atoms with E-state index in [2.05, 4.69) is 0 Å². The molecular weight excluding hydrogens is 134 g/mol. The number of phenols is 2. The molecule has 54 valence electrons. The second-order valence-corrected chi connectivity index (χ2v) is 1.81. The first-order valence-electron chi connectivity index (χ1n) is 2.66. The molecule has 0 heterocycles. The summed E-state index contributed by atoms with van der Waals surface area (Å²) in [6, 6.07) is 3.82. The van der Waals surface area contributed by atoms with E-state index < -0.39 is 0 Å². The van der Waals surface area contributed by atoms with Crippen LogP contribution in [0.3, 0.4) is 0 Å². The van der Waals surface area contributed by atoms with Crippen LogP contribution in [0.5, 0.6) is 11.5 Å². The van der Waals surface area contributed by atoms with Crippen molar-refractivity contribution in [3.8, 4) is 11.5 Å². The normalized spacial score (nSPS) is 9.30. The summed E-state index contributed by atoms with van der Waals surface area (Å²) in [4.78, 5) is 0.